The summed E-state index contributed by atoms with van der Waals surface area (Å²) in [5, 5.41) is 6.65. The lowest BCUT2D eigenvalue weighted by Gasteiger charge is -2.15. The van der Waals surface area contributed by atoms with Crippen molar-refractivity contribution in [2.75, 3.05) is 44.9 Å². The number of aliphatic imine (C=N–C) groups is 1. The molecule has 0 amide bonds. The second-order valence-electron chi connectivity index (χ2n) is 6.27. The molecular formula is C19H31N3O2S. The number of benzene rings is 1. The molecule has 2 rings (SSSR count). The Labute approximate surface area is 156 Å². The third-order valence-corrected chi connectivity index (χ3v) is 4.68. The second-order valence-corrected chi connectivity index (χ2v) is 7.25. The van der Waals surface area contributed by atoms with Crippen LogP contribution in [0.1, 0.15) is 24.5 Å². The van der Waals surface area contributed by atoms with Crippen LogP contribution in [0.5, 0.6) is 5.75 Å². The van der Waals surface area contributed by atoms with Gasteiger partial charge in [0.15, 0.2) is 5.96 Å². The summed E-state index contributed by atoms with van der Waals surface area (Å²) in [6.07, 6.45) is 3.19. The van der Waals surface area contributed by atoms with Crippen LogP contribution in [0.25, 0.3) is 0 Å². The van der Waals surface area contributed by atoms with Crippen LogP contribution >= 0.6 is 11.8 Å². The first-order valence-electron chi connectivity index (χ1n) is 9.04. The Morgan fingerprint density at radius 3 is 3.00 bits per heavy atom. The van der Waals surface area contributed by atoms with Crippen LogP contribution in [0.15, 0.2) is 23.2 Å². The highest BCUT2D eigenvalue weighted by Crippen LogP contribution is 2.23. The molecule has 0 saturated carbocycles. The van der Waals surface area contributed by atoms with Crippen molar-refractivity contribution in [2.24, 2.45) is 10.9 Å². The van der Waals surface area contributed by atoms with E-state index < -0.39 is 0 Å². The largest absolute Gasteiger partial charge is 0.493 e. The topological polar surface area (TPSA) is 54.9 Å². The van der Waals surface area contributed by atoms with Crippen molar-refractivity contribution in [3.05, 3.63) is 29.3 Å². The van der Waals surface area contributed by atoms with Crippen LogP contribution in [-0.4, -0.2) is 50.9 Å². The number of nitrogens with zero attached hydrogens (tertiary/aromatic N) is 1. The van der Waals surface area contributed by atoms with Crippen molar-refractivity contribution in [3.63, 3.8) is 0 Å². The molecule has 1 aliphatic rings. The molecule has 0 spiro atoms. The summed E-state index contributed by atoms with van der Waals surface area (Å²) >= 11 is 1.82. The molecule has 0 bridgehead atoms. The minimum absolute atomic E-state index is 0.502. The number of hydrogen-bond donors (Lipinski definition) is 2. The minimum atomic E-state index is 0.502. The van der Waals surface area contributed by atoms with E-state index >= 15 is 0 Å². The van der Waals surface area contributed by atoms with E-state index in [2.05, 4.69) is 48.9 Å². The van der Waals surface area contributed by atoms with Crippen LogP contribution in [0.4, 0.5) is 0 Å². The SMILES string of the molecule is CCNC(=NCc1ccc(C)cc1OCC1CCOC1)NCCSC. The zero-order valence-corrected chi connectivity index (χ0v) is 16.5. The molecule has 1 saturated heterocycles. The predicted molar refractivity (Wildman–Crippen MR) is 107 cm³/mol. The van der Waals surface area contributed by atoms with Crippen molar-refractivity contribution in [1.82, 2.24) is 10.6 Å². The molecule has 1 fully saturated rings. The summed E-state index contributed by atoms with van der Waals surface area (Å²) in [4.78, 5) is 4.71. The fourth-order valence-electron chi connectivity index (χ4n) is 2.63. The highest BCUT2D eigenvalue weighted by molar-refractivity contribution is 7.98. The van der Waals surface area contributed by atoms with E-state index in [1.54, 1.807) is 0 Å². The Hall–Kier alpha value is -1.40. The lowest BCUT2D eigenvalue weighted by molar-refractivity contribution is 0.166. The number of aryl methyl sites for hydroxylation is 1. The van der Waals surface area contributed by atoms with Crippen molar-refractivity contribution in [1.29, 1.82) is 0 Å². The van der Waals surface area contributed by atoms with E-state index in [-0.39, 0.29) is 0 Å². The van der Waals surface area contributed by atoms with Crippen LogP contribution in [-0.2, 0) is 11.3 Å². The standard InChI is InChI=1S/C19H31N3O2S/c1-4-20-19(21-8-10-25-3)22-12-17-6-5-15(2)11-18(17)24-14-16-7-9-23-13-16/h5-6,11,16H,4,7-10,12-14H2,1-3H3,(H2,20,21,22). The summed E-state index contributed by atoms with van der Waals surface area (Å²) in [5.74, 6) is 3.36. The Balaban J connectivity index is 1.99. The van der Waals surface area contributed by atoms with Gasteiger partial charge in [0.05, 0.1) is 19.8 Å². The van der Waals surface area contributed by atoms with Gasteiger partial charge in [-0.05, 0) is 38.2 Å². The summed E-state index contributed by atoms with van der Waals surface area (Å²) in [6, 6.07) is 6.34. The molecular weight excluding hydrogens is 334 g/mol. The van der Waals surface area contributed by atoms with E-state index in [0.717, 1.165) is 55.7 Å². The maximum atomic E-state index is 6.10. The predicted octanol–water partition coefficient (Wildman–Crippen LogP) is 2.83. The number of hydrogen-bond acceptors (Lipinski definition) is 4. The number of rotatable bonds is 9. The molecule has 0 aliphatic carbocycles. The second kappa shape index (κ2) is 11.3. The zero-order valence-electron chi connectivity index (χ0n) is 15.6. The van der Waals surface area contributed by atoms with Gasteiger partial charge in [-0.2, -0.15) is 11.8 Å². The molecule has 1 atom stereocenters. The summed E-state index contributed by atoms with van der Waals surface area (Å²) in [7, 11) is 0. The number of nitrogens with one attached hydrogen (secondary N) is 2. The summed E-state index contributed by atoms with van der Waals surface area (Å²) < 4.78 is 11.5. The van der Waals surface area contributed by atoms with E-state index in [0.29, 0.717) is 19.1 Å². The molecule has 0 radical (unpaired) electrons. The van der Waals surface area contributed by atoms with Crippen molar-refractivity contribution < 1.29 is 9.47 Å². The van der Waals surface area contributed by atoms with Gasteiger partial charge in [-0.1, -0.05) is 12.1 Å². The monoisotopic (exact) mass is 365 g/mol. The number of ether oxygens (including phenoxy) is 2. The van der Waals surface area contributed by atoms with E-state index in [1.165, 1.54) is 5.56 Å². The van der Waals surface area contributed by atoms with Gasteiger partial charge in [-0.25, -0.2) is 4.99 Å². The van der Waals surface area contributed by atoms with Gasteiger partial charge in [0.1, 0.15) is 5.75 Å². The molecule has 1 unspecified atom stereocenters. The van der Waals surface area contributed by atoms with E-state index in [9.17, 15) is 0 Å². The molecule has 1 heterocycles. The maximum Gasteiger partial charge on any atom is 0.191 e. The molecule has 6 heteroatoms. The fourth-order valence-corrected chi connectivity index (χ4v) is 2.93. The Morgan fingerprint density at radius 2 is 2.28 bits per heavy atom. The lowest BCUT2D eigenvalue weighted by Crippen LogP contribution is -2.38. The van der Waals surface area contributed by atoms with Crippen molar-refractivity contribution in [3.8, 4) is 5.75 Å². The quantitative estimate of drug-likeness (QED) is 0.400. The average molecular weight is 366 g/mol. The van der Waals surface area contributed by atoms with Gasteiger partial charge >= 0.3 is 0 Å². The van der Waals surface area contributed by atoms with Gasteiger partial charge in [0.25, 0.3) is 0 Å². The van der Waals surface area contributed by atoms with Crippen molar-refractivity contribution in [2.45, 2.75) is 26.8 Å². The third kappa shape index (κ3) is 7.16. The Bertz CT molecular complexity index is 545. The first kappa shape index (κ1) is 19.9. The van der Waals surface area contributed by atoms with Crippen molar-refractivity contribution >= 4 is 17.7 Å². The number of thioether (sulfide) groups is 1. The first-order chi connectivity index (χ1) is 12.2. The van der Waals surface area contributed by atoms with Gasteiger partial charge in [-0.15, -0.1) is 0 Å². The molecule has 1 aromatic rings. The van der Waals surface area contributed by atoms with Crippen LogP contribution in [0.2, 0.25) is 0 Å². The molecule has 5 nitrogen and oxygen atoms in total. The van der Waals surface area contributed by atoms with Crippen LogP contribution in [0, 0.1) is 12.8 Å². The maximum absolute atomic E-state index is 6.10. The molecule has 140 valence electrons. The minimum Gasteiger partial charge on any atom is -0.493 e. The number of guanidine groups is 1. The molecule has 1 aromatic carbocycles. The fraction of sp³-hybridized carbons (Fsp3) is 0.632. The van der Waals surface area contributed by atoms with Gasteiger partial charge in [-0.3, -0.25) is 0 Å². The van der Waals surface area contributed by atoms with Crippen LogP contribution < -0.4 is 15.4 Å². The average Bonchev–Trinajstić information content (AvgIpc) is 3.12. The summed E-state index contributed by atoms with van der Waals surface area (Å²) in [5.41, 5.74) is 2.32. The highest BCUT2D eigenvalue weighted by Gasteiger charge is 2.17. The molecule has 1 aliphatic heterocycles. The Kier molecular flexibility index (Phi) is 8.97. The summed E-state index contributed by atoms with van der Waals surface area (Å²) in [6.45, 7) is 8.91. The Morgan fingerprint density at radius 1 is 1.40 bits per heavy atom. The van der Waals surface area contributed by atoms with Crippen LogP contribution in [0.3, 0.4) is 0 Å². The first-order valence-corrected chi connectivity index (χ1v) is 10.4. The smallest absolute Gasteiger partial charge is 0.191 e. The lowest BCUT2D eigenvalue weighted by atomic mass is 10.1. The van der Waals surface area contributed by atoms with Gasteiger partial charge < -0.3 is 20.1 Å². The van der Waals surface area contributed by atoms with Gasteiger partial charge in [0.2, 0.25) is 0 Å². The van der Waals surface area contributed by atoms with E-state index in [1.807, 2.05) is 11.8 Å². The molecule has 25 heavy (non-hydrogen) atoms. The molecule has 2 N–H and O–H groups in total. The third-order valence-electron chi connectivity index (χ3n) is 4.07. The normalized spacial score (nSPS) is 17.6. The van der Waals surface area contributed by atoms with E-state index in [4.69, 9.17) is 14.5 Å². The zero-order chi connectivity index (χ0) is 17.9. The highest BCUT2D eigenvalue weighted by atomic mass is 32.2. The molecule has 0 aromatic heterocycles. The van der Waals surface area contributed by atoms with Gasteiger partial charge in [0, 0.05) is 36.9 Å².